The predicted molar refractivity (Wildman–Crippen MR) is 102 cm³/mol. The number of carbonyl (C=O) groups is 1. The van der Waals surface area contributed by atoms with E-state index in [9.17, 15) is 14.9 Å². The number of methoxy groups -OCH3 is 1. The second-order valence-electron chi connectivity index (χ2n) is 5.59. The first-order chi connectivity index (χ1) is 13.0. The minimum atomic E-state index is -0.556. The van der Waals surface area contributed by atoms with E-state index in [4.69, 9.17) is 15.2 Å². The van der Waals surface area contributed by atoms with E-state index < -0.39 is 11.0 Å². The molecule has 0 saturated carbocycles. The molecule has 0 aromatic heterocycles. The second kappa shape index (κ2) is 9.81. The van der Waals surface area contributed by atoms with Gasteiger partial charge in [-0.15, -0.1) is 0 Å². The fraction of sp³-hybridized carbons (Fsp3) is 0.211. The Labute approximate surface area is 156 Å². The van der Waals surface area contributed by atoms with Crippen LogP contribution in [0.2, 0.25) is 0 Å². The van der Waals surface area contributed by atoms with Crippen molar-refractivity contribution < 1.29 is 19.2 Å². The van der Waals surface area contributed by atoms with E-state index >= 15 is 0 Å². The van der Waals surface area contributed by atoms with Gasteiger partial charge in [0, 0.05) is 12.1 Å². The number of anilines is 1. The molecule has 3 N–H and O–H groups in total. The number of rotatable bonds is 8. The van der Waals surface area contributed by atoms with Gasteiger partial charge in [-0.2, -0.15) is 0 Å². The first kappa shape index (κ1) is 19.8. The molecule has 0 heterocycles. The highest BCUT2D eigenvalue weighted by atomic mass is 16.6. The Kier molecular flexibility index (Phi) is 7.18. The SMILES string of the molecule is COc1cc(C=CCCNC(=O)OCc2ccccc2)c(N)c([N+](=O)[O-])c1. The number of carbonyl (C=O) groups excluding carboxylic acids is 1. The van der Waals surface area contributed by atoms with Gasteiger partial charge in [0.1, 0.15) is 18.0 Å². The van der Waals surface area contributed by atoms with Crippen molar-refractivity contribution >= 4 is 23.5 Å². The molecular weight excluding hydrogens is 350 g/mol. The molecule has 2 rings (SSSR count). The lowest BCUT2D eigenvalue weighted by Crippen LogP contribution is -2.24. The molecule has 0 radical (unpaired) electrons. The predicted octanol–water partition coefficient (Wildman–Crippen LogP) is 3.52. The van der Waals surface area contributed by atoms with Crippen LogP contribution < -0.4 is 15.8 Å². The normalized spacial score (nSPS) is 10.6. The van der Waals surface area contributed by atoms with Crippen LogP contribution in [0.5, 0.6) is 5.75 Å². The number of hydrogen-bond acceptors (Lipinski definition) is 6. The molecule has 0 fully saturated rings. The number of alkyl carbamates (subject to hydrolysis) is 1. The van der Waals surface area contributed by atoms with Crippen LogP contribution in [-0.2, 0) is 11.3 Å². The van der Waals surface area contributed by atoms with Gasteiger partial charge in [-0.05, 0) is 18.1 Å². The molecule has 0 aliphatic heterocycles. The molecule has 8 heteroatoms. The number of nitrogens with one attached hydrogen (secondary N) is 1. The highest BCUT2D eigenvalue weighted by molar-refractivity contribution is 5.75. The summed E-state index contributed by atoms with van der Waals surface area (Å²) in [5.41, 5.74) is 7.06. The molecule has 142 valence electrons. The summed E-state index contributed by atoms with van der Waals surface area (Å²) >= 11 is 0. The Hall–Kier alpha value is -3.55. The maximum Gasteiger partial charge on any atom is 0.407 e. The summed E-state index contributed by atoms with van der Waals surface area (Å²) in [6.45, 7) is 0.558. The number of hydrogen-bond donors (Lipinski definition) is 2. The first-order valence-corrected chi connectivity index (χ1v) is 8.24. The van der Waals surface area contributed by atoms with E-state index in [-0.39, 0.29) is 18.0 Å². The zero-order valence-electron chi connectivity index (χ0n) is 14.9. The third-order valence-corrected chi connectivity index (χ3v) is 3.69. The molecule has 27 heavy (non-hydrogen) atoms. The van der Waals surface area contributed by atoms with Crippen molar-refractivity contribution in [2.24, 2.45) is 0 Å². The Morgan fingerprint density at radius 3 is 2.70 bits per heavy atom. The van der Waals surface area contributed by atoms with E-state index in [1.165, 1.54) is 13.2 Å². The average Bonchev–Trinajstić information content (AvgIpc) is 2.67. The molecule has 0 aliphatic carbocycles. The van der Waals surface area contributed by atoms with Crippen LogP contribution >= 0.6 is 0 Å². The third-order valence-electron chi connectivity index (χ3n) is 3.69. The standard InChI is InChI=1S/C19H21N3O5/c1-26-16-11-15(18(20)17(12-16)22(24)25)9-5-6-10-21-19(23)27-13-14-7-3-2-4-8-14/h2-5,7-9,11-12H,6,10,13,20H2,1H3,(H,21,23). The molecule has 0 bridgehead atoms. The summed E-state index contributed by atoms with van der Waals surface area (Å²) in [6, 6.07) is 12.3. The van der Waals surface area contributed by atoms with Crippen molar-refractivity contribution in [2.75, 3.05) is 19.4 Å². The van der Waals surface area contributed by atoms with Crippen molar-refractivity contribution in [3.8, 4) is 5.75 Å². The quantitative estimate of drug-likeness (QED) is 0.317. The van der Waals surface area contributed by atoms with E-state index in [2.05, 4.69) is 5.32 Å². The Bertz CT molecular complexity index is 822. The molecule has 0 saturated heterocycles. The first-order valence-electron chi connectivity index (χ1n) is 8.24. The van der Waals surface area contributed by atoms with Crippen LogP contribution in [0.25, 0.3) is 6.08 Å². The molecule has 0 atom stereocenters. The van der Waals surface area contributed by atoms with Crippen molar-refractivity contribution in [1.29, 1.82) is 0 Å². The number of amides is 1. The summed E-state index contributed by atoms with van der Waals surface area (Å²) in [5, 5.41) is 13.7. The molecular formula is C19H21N3O5. The van der Waals surface area contributed by atoms with Crippen LogP contribution in [0.1, 0.15) is 17.5 Å². The monoisotopic (exact) mass is 371 g/mol. The van der Waals surface area contributed by atoms with Gasteiger partial charge in [0.2, 0.25) is 0 Å². The van der Waals surface area contributed by atoms with Crippen LogP contribution in [0.4, 0.5) is 16.2 Å². The van der Waals surface area contributed by atoms with Gasteiger partial charge in [-0.1, -0.05) is 42.5 Å². The van der Waals surface area contributed by atoms with Crippen molar-refractivity contribution in [1.82, 2.24) is 5.32 Å². The van der Waals surface area contributed by atoms with Gasteiger partial charge in [0.15, 0.2) is 0 Å². The zero-order chi connectivity index (χ0) is 19.6. The van der Waals surface area contributed by atoms with Gasteiger partial charge in [-0.3, -0.25) is 10.1 Å². The molecule has 1 amide bonds. The lowest BCUT2D eigenvalue weighted by molar-refractivity contribution is -0.384. The van der Waals surface area contributed by atoms with Crippen molar-refractivity contribution in [3.63, 3.8) is 0 Å². The van der Waals surface area contributed by atoms with Gasteiger partial charge in [0.05, 0.1) is 18.1 Å². The molecule has 2 aromatic carbocycles. The summed E-state index contributed by atoms with van der Waals surface area (Å²) in [5.74, 6) is 0.346. The molecule has 0 unspecified atom stereocenters. The topological polar surface area (TPSA) is 117 Å². The number of nitro groups is 1. The molecule has 0 spiro atoms. The van der Waals surface area contributed by atoms with Gasteiger partial charge in [0.25, 0.3) is 5.69 Å². The fourth-order valence-electron chi connectivity index (χ4n) is 2.28. The zero-order valence-corrected chi connectivity index (χ0v) is 14.9. The summed E-state index contributed by atoms with van der Waals surface area (Å²) in [7, 11) is 1.42. The van der Waals surface area contributed by atoms with E-state index in [0.717, 1.165) is 5.56 Å². The number of nitro benzene ring substituents is 1. The van der Waals surface area contributed by atoms with Gasteiger partial charge < -0.3 is 20.5 Å². The molecule has 0 aliphatic rings. The smallest absolute Gasteiger partial charge is 0.407 e. The van der Waals surface area contributed by atoms with Gasteiger partial charge >= 0.3 is 6.09 Å². The summed E-state index contributed by atoms with van der Waals surface area (Å²) < 4.78 is 10.2. The van der Waals surface area contributed by atoms with Crippen LogP contribution in [0.3, 0.4) is 0 Å². The van der Waals surface area contributed by atoms with Crippen molar-refractivity contribution in [3.05, 3.63) is 69.8 Å². The Morgan fingerprint density at radius 1 is 1.30 bits per heavy atom. The maximum atomic E-state index is 11.6. The number of benzene rings is 2. The lowest BCUT2D eigenvalue weighted by Gasteiger charge is -2.07. The highest BCUT2D eigenvalue weighted by Gasteiger charge is 2.16. The number of nitrogen functional groups attached to an aromatic ring is 1. The minimum Gasteiger partial charge on any atom is -0.496 e. The van der Waals surface area contributed by atoms with E-state index in [0.29, 0.717) is 24.3 Å². The Balaban J connectivity index is 1.83. The number of nitrogens with two attached hydrogens (primary N) is 1. The molecule has 8 nitrogen and oxygen atoms in total. The van der Waals surface area contributed by atoms with Crippen LogP contribution in [0.15, 0.2) is 48.5 Å². The van der Waals surface area contributed by atoms with Crippen molar-refractivity contribution in [2.45, 2.75) is 13.0 Å². The lowest BCUT2D eigenvalue weighted by atomic mass is 10.1. The van der Waals surface area contributed by atoms with Gasteiger partial charge in [-0.25, -0.2) is 4.79 Å². The largest absolute Gasteiger partial charge is 0.496 e. The van der Waals surface area contributed by atoms with E-state index in [1.54, 1.807) is 18.2 Å². The summed E-state index contributed by atoms with van der Waals surface area (Å²) in [6.07, 6.45) is 3.41. The maximum absolute atomic E-state index is 11.6. The number of ether oxygens (including phenoxy) is 2. The average molecular weight is 371 g/mol. The third kappa shape index (κ3) is 6.03. The van der Waals surface area contributed by atoms with Crippen LogP contribution in [-0.4, -0.2) is 24.7 Å². The molecule has 2 aromatic rings. The summed E-state index contributed by atoms with van der Waals surface area (Å²) in [4.78, 5) is 22.1. The highest BCUT2D eigenvalue weighted by Crippen LogP contribution is 2.31. The second-order valence-corrected chi connectivity index (χ2v) is 5.59. The number of nitrogens with zero attached hydrogens (tertiary/aromatic N) is 1. The van der Waals surface area contributed by atoms with Crippen LogP contribution in [0, 0.1) is 10.1 Å². The van der Waals surface area contributed by atoms with E-state index in [1.807, 2.05) is 30.3 Å². The fourth-order valence-corrected chi connectivity index (χ4v) is 2.28. The Morgan fingerprint density at radius 2 is 2.04 bits per heavy atom. The minimum absolute atomic E-state index is 0.0623.